The number of hydrogen-bond donors (Lipinski definition) is 1. The molecule has 0 radical (unpaired) electrons. The SMILES string of the molecule is CCN(Cc1ccc(N)cc1)c1cccc(F)c1C#N. The minimum absolute atomic E-state index is 0.0878. The average Bonchev–Trinajstić information content (AvgIpc) is 2.46. The molecule has 0 spiro atoms. The number of hydrogen-bond acceptors (Lipinski definition) is 3. The Morgan fingerprint density at radius 1 is 1.20 bits per heavy atom. The van der Waals surface area contributed by atoms with Crippen LogP contribution in [0.1, 0.15) is 18.1 Å². The highest BCUT2D eigenvalue weighted by atomic mass is 19.1. The summed E-state index contributed by atoms with van der Waals surface area (Å²) in [4.78, 5) is 1.97. The minimum atomic E-state index is -0.485. The third-order valence-electron chi connectivity index (χ3n) is 3.18. The fraction of sp³-hybridized carbons (Fsp3) is 0.188. The first-order chi connectivity index (χ1) is 9.65. The first kappa shape index (κ1) is 13.9. The molecule has 0 saturated heterocycles. The molecule has 0 aliphatic carbocycles. The Labute approximate surface area is 118 Å². The second kappa shape index (κ2) is 6.07. The third kappa shape index (κ3) is 2.89. The second-order valence-electron chi connectivity index (χ2n) is 4.50. The molecule has 0 bridgehead atoms. The summed E-state index contributed by atoms with van der Waals surface area (Å²) < 4.78 is 13.7. The van der Waals surface area contributed by atoms with Crippen LogP contribution in [0.5, 0.6) is 0 Å². The van der Waals surface area contributed by atoms with E-state index in [1.165, 1.54) is 6.07 Å². The van der Waals surface area contributed by atoms with Gasteiger partial charge in [-0.3, -0.25) is 0 Å². The first-order valence-electron chi connectivity index (χ1n) is 6.43. The lowest BCUT2D eigenvalue weighted by Crippen LogP contribution is -2.23. The number of nitrogens with two attached hydrogens (primary N) is 1. The minimum Gasteiger partial charge on any atom is -0.399 e. The molecular weight excluding hydrogens is 253 g/mol. The van der Waals surface area contributed by atoms with E-state index in [-0.39, 0.29) is 5.56 Å². The molecule has 0 unspecified atom stereocenters. The topological polar surface area (TPSA) is 53.0 Å². The number of halogens is 1. The monoisotopic (exact) mass is 269 g/mol. The van der Waals surface area contributed by atoms with Crippen LogP contribution >= 0.6 is 0 Å². The van der Waals surface area contributed by atoms with Crippen LogP contribution in [0.2, 0.25) is 0 Å². The molecule has 2 aromatic carbocycles. The van der Waals surface area contributed by atoms with Crippen LogP contribution in [0.15, 0.2) is 42.5 Å². The molecule has 0 amide bonds. The molecule has 20 heavy (non-hydrogen) atoms. The Kier molecular flexibility index (Phi) is 4.21. The molecule has 0 aliphatic rings. The molecule has 2 N–H and O–H groups in total. The molecule has 0 heterocycles. The molecule has 0 saturated carbocycles. The van der Waals surface area contributed by atoms with Crippen LogP contribution in [0.25, 0.3) is 0 Å². The molecule has 2 aromatic rings. The number of anilines is 2. The molecule has 4 heteroatoms. The highest BCUT2D eigenvalue weighted by Crippen LogP contribution is 2.24. The number of rotatable bonds is 4. The van der Waals surface area contributed by atoms with Crippen molar-refractivity contribution in [3.8, 4) is 6.07 Å². The summed E-state index contributed by atoms with van der Waals surface area (Å²) in [7, 11) is 0. The molecule has 0 aromatic heterocycles. The van der Waals surface area contributed by atoms with Gasteiger partial charge < -0.3 is 10.6 Å². The molecule has 0 atom stereocenters. The van der Waals surface area contributed by atoms with Crippen molar-refractivity contribution >= 4 is 11.4 Å². The zero-order valence-corrected chi connectivity index (χ0v) is 11.3. The maximum atomic E-state index is 13.7. The number of benzene rings is 2. The number of nitrogen functional groups attached to an aromatic ring is 1. The van der Waals surface area contributed by atoms with Crippen molar-refractivity contribution in [2.75, 3.05) is 17.2 Å². The van der Waals surface area contributed by atoms with Crippen molar-refractivity contribution in [3.05, 3.63) is 59.4 Å². The Morgan fingerprint density at radius 2 is 1.90 bits per heavy atom. The van der Waals surface area contributed by atoms with Crippen LogP contribution < -0.4 is 10.6 Å². The number of nitrogens with zero attached hydrogens (tertiary/aromatic N) is 2. The first-order valence-corrected chi connectivity index (χ1v) is 6.43. The predicted octanol–water partition coefficient (Wildman–Crippen LogP) is 3.31. The quantitative estimate of drug-likeness (QED) is 0.866. The van der Waals surface area contributed by atoms with E-state index < -0.39 is 5.82 Å². The van der Waals surface area contributed by atoms with Gasteiger partial charge in [0.15, 0.2) is 0 Å². The van der Waals surface area contributed by atoms with Crippen molar-refractivity contribution in [2.45, 2.75) is 13.5 Å². The average molecular weight is 269 g/mol. The van der Waals surface area contributed by atoms with Crippen molar-refractivity contribution in [1.29, 1.82) is 5.26 Å². The van der Waals surface area contributed by atoms with Crippen LogP contribution in [-0.4, -0.2) is 6.54 Å². The summed E-state index contributed by atoms with van der Waals surface area (Å²) in [6, 6.07) is 14.2. The van der Waals surface area contributed by atoms with Gasteiger partial charge in [0.1, 0.15) is 17.4 Å². The van der Waals surface area contributed by atoms with Gasteiger partial charge in [-0.25, -0.2) is 4.39 Å². The lowest BCUT2D eigenvalue weighted by atomic mass is 10.1. The highest BCUT2D eigenvalue weighted by Gasteiger charge is 2.13. The summed E-state index contributed by atoms with van der Waals surface area (Å²) >= 11 is 0. The van der Waals surface area contributed by atoms with Gasteiger partial charge in [-0.15, -0.1) is 0 Å². The molecule has 0 aliphatic heterocycles. The van der Waals surface area contributed by atoms with Crippen LogP contribution in [0.3, 0.4) is 0 Å². The van der Waals surface area contributed by atoms with Crippen molar-refractivity contribution < 1.29 is 4.39 Å². The van der Waals surface area contributed by atoms with Crippen LogP contribution in [-0.2, 0) is 6.54 Å². The van der Waals surface area contributed by atoms with Crippen molar-refractivity contribution in [2.24, 2.45) is 0 Å². The van der Waals surface area contributed by atoms with E-state index in [0.29, 0.717) is 24.5 Å². The fourth-order valence-corrected chi connectivity index (χ4v) is 2.10. The van der Waals surface area contributed by atoms with Gasteiger partial charge in [0.2, 0.25) is 0 Å². The van der Waals surface area contributed by atoms with E-state index in [1.807, 2.05) is 42.2 Å². The normalized spacial score (nSPS) is 10.1. The maximum absolute atomic E-state index is 13.7. The molecule has 2 rings (SSSR count). The van der Waals surface area contributed by atoms with E-state index >= 15 is 0 Å². The summed E-state index contributed by atoms with van der Waals surface area (Å²) in [5, 5.41) is 9.11. The lowest BCUT2D eigenvalue weighted by molar-refractivity contribution is 0.622. The summed E-state index contributed by atoms with van der Waals surface area (Å²) in [5.41, 5.74) is 8.14. The highest BCUT2D eigenvalue weighted by molar-refractivity contribution is 5.60. The van der Waals surface area contributed by atoms with Gasteiger partial charge in [-0.05, 0) is 36.8 Å². The summed E-state index contributed by atoms with van der Waals surface area (Å²) in [6.45, 7) is 3.26. The summed E-state index contributed by atoms with van der Waals surface area (Å²) in [6.07, 6.45) is 0. The Balaban J connectivity index is 2.31. The van der Waals surface area contributed by atoms with Gasteiger partial charge >= 0.3 is 0 Å². The van der Waals surface area contributed by atoms with Gasteiger partial charge in [0.25, 0.3) is 0 Å². The fourth-order valence-electron chi connectivity index (χ4n) is 2.10. The predicted molar refractivity (Wildman–Crippen MR) is 78.7 cm³/mol. The zero-order chi connectivity index (χ0) is 14.5. The van der Waals surface area contributed by atoms with Gasteiger partial charge in [-0.2, -0.15) is 5.26 Å². The Morgan fingerprint density at radius 3 is 2.50 bits per heavy atom. The lowest BCUT2D eigenvalue weighted by Gasteiger charge is -2.24. The molecule has 3 nitrogen and oxygen atoms in total. The van der Waals surface area contributed by atoms with Crippen LogP contribution in [0, 0.1) is 17.1 Å². The van der Waals surface area contributed by atoms with E-state index in [9.17, 15) is 4.39 Å². The summed E-state index contributed by atoms with van der Waals surface area (Å²) in [5.74, 6) is -0.485. The van der Waals surface area contributed by atoms with E-state index in [1.54, 1.807) is 12.1 Å². The van der Waals surface area contributed by atoms with Gasteiger partial charge in [0, 0.05) is 18.8 Å². The molecule has 0 fully saturated rings. The van der Waals surface area contributed by atoms with Gasteiger partial charge in [-0.1, -0.05) is 18.2 Å². The standard InChI is InChI=1S/C16H16FN3/c1-2-20(11-12-6-8-13(19)9-7-12)16-5-3-4-15(17)14(16)10-18/h3-9H,2,11,19H2,1H3. The second-order valence-corrected chi connectivity index (χ2v) is 4.50. The maximum Gasteiger partial charge on any atom is 0.143 e. The van der Waals surface area contributed by atoms with E-state index in [2.05, 4.69) is 0 Å². The zero-order valence-electron chi connectivity index (χ0n) is 11.3. The van der Waals surface area contributed by atoms with Gasteiger partial charge in [0.05, 0.1) is 5.69 Å². The molecular formula is C16H16FN3. The smallest absolute Gasteiger partial charge is 0.143 e. The Bertz CT molecular complexity index is 629. The third-order valence-corrected chi connectivity index (χ3v) is 3.18. The van der Waals surface area contributed by atoms with E-state index in [0.717, 1.165) is 5.56 Å². The Hall–Kier alpha value is -2.54. The van der Waals surface area contributed by atoms with E-state index in [4.69, 9.17) is 11.0 Å². The van der Waals surface area contributed by atoms with Crippen LogP contribution in [0.4, 0.5) is 15.8 Å². The van der Waals surface area contributed by atoms with Crippen molar-refractivity contribution in [3.63, 3.8) is 0 Å². The molecule has 102 valence electrons. The van der Waals surface area contributed by atoms with Crippen molar-refractivity contribution in [1.82, 2.24) is 0 Å². The number of nitriles is 1. The largest absolute Gasteiger partial charge is 0.399 e.